The van der Waals surface area contributed by atoms with E-state index < -0.39 is 12.1 Å². The van der Waals surface area contributed by atoms with Crippen molar-refractivity contribution in [3.05, 3.63) is 36.5 Å². The summed E-state index contributed by atoms with van der Waals surface area (Å²) < 4.78 is 5.48. The Morgan fingerprint density at radius 2 is 0.750 bits per heavy atom. The van der Waals surface area contributed by atoms with Crippen molar-refractivity contribution in [1.82, 2.24) is 5.32 Å². The van der Waals surface area contributed by atoms with Crippen molar-refractivity contribution in [3.8, 4) is 0 Å². The molecule has 0 aliphatic heterocycles. The van der Waals surface area contributed by atoms with Crippen molar-refractivity contribution in [2.24, 2.45) is 0 Å². The molecule has 0 saturated heterocycles. The standard InChI is InChI=1S/C62H117NO5/c1-3-5-7-9-11-13-15-17-19-21-23-25-27-30-34-38-42-46-50-54-60(65)59(58-64)63-61(66)55-51-47-43-39-35-31-29-33-37-41-45-49-53-57-68-62(67)56-52-48-44-40-36-32-28-26-24-22-20-18-16-14-12-10-8-6-4-2/h31,35,43,47,50,54,59-60,64-65H,3-30,32-34,36-42,44-46,48-49,51-53,55-58H2,1-2H3,(H,63,66)/b35-31-,47-43-,54-50+. The summed E-state index contributed by atoms with van der Waals surface area (Å²) in [5.41, 5.74) is 0. The zero-order valence-electron chi connectivity index (χ0n) is 45.6. The lowest BCUT2D eigenvalue weighted by Crippen LogP contribution is -2.45. The molecule has 0 aromatic heterocycles. The van der Waals surface area contributed by atoms with Crippen LogP contribution in [0, 0.1) is 0 Å². The molecular weight excluding hydrogens is 839 g/mol. The fraction of sp³-hybridized carbons (Fsp3) is 0.871. The highest BCUT2D eigenvalue weighted by molar-refractivity contribution is 5.76. The zero-order chi connectivity index (χ0) is 49.3. The molecule has 3 N–H and O–H groups in total. The van der Waals surface area contributed by atoms with E-state index in [1.54, 1.807) is 6.08 Å². The van der Waals surface area contributed by atoms with Crippen LogP contribution in [0.25, 0.3) is 0 Å². The number of esters is 1. The van der Waals surface area contributed by atoms with Crippen molar-refractivity contribution >= 4 is 11.9 Å². The molecule has 0 heterocycles. The molecule has 2 atom stereocenters. The van der Waals surface area contributed by atoms with Crippen LogP contribution in [-0.2, 0) is 14.3 Å². The number of aliphatic hydroxyl groups is 2. The predicted octanol–water partition coefficient (Wildman–Crippen LogP) is 18.8. The van der Waals surface area contributed by atoms with Gasteiger partial charge in [-0.05, 0) is 51.4 Å². The van der Waals surface area contributed by atoms with Crippen LogP contribution >= 0.6 is 0 Å². The zero-order valence-corrected chi connectivity index (χ0v) is 45.6. The van der Waals surface area contributed by atoms with E-state index in [1.165, 1.54) is 238 Å². The van der Waals surface area contributed by atoms with Crippen LogP contribution in [-0.4, -0.2) is 47.4 Å². The molecular formula is C62H117NO5. The molecule has 68 heavy (non-hydrogen) atoms. The molecule has 400 valence electrons. The van der Waals surface area contributed by atoms with E-state index in [1.807, 2.05) is 12.2 Å². The third kappa shape index (κ3) is 53.4. The highest BCUT2D eigenvalue weighted by atomic mass is 16.5. The second kappa shape index (κ2) is 57.7. The van der Waals surface area contributed by atoms with Crippen LogP contribution in [0.4, 0.5) is 0 Å². The normalized spacial score (nSPS) is 12.8. The van der Waals surface area contributed by atoms with Gasteiger partial charge in [0, 0.05) is 12.8 Å². The second-order valence-electron chi connectivity index (χ2n) is 20.7. The molecule has 0 radical (unpaired) electrons. The van der Waals surface area contributed by atoms with E-state index in [0.29, 0.717) is 25.9 Å². The topological polar surface area (TPSA) is 95.9 Å². The number of rotatable bonds is 56. The minimum absolute atomic E-state index is 0.0135. The van der Waals surface area contributed by atoms with E-state index >= 15 is 0 Å². The van der Waals surface area contributed by atoms with E-state index in [4.69, 9.17) is 4.74 Å². The fourth-order valence-electron chi connectivity index (χ4n) is 9.27. The molecule has 2 unspecified atom stereocenters. The second-order valence-corrected chi connectivity index (χ2v) is 20.7. The molecule has 0 aliphatic carbocycles. The molecule has 0 aromatic carbocycles. The maximum Gasteiger partial charge on any atom is 0.305 e. The lowest BCUT2D eigenvalue weighted by atomic mass is 10.0. The summed E-state index contributed by atoms with van der Waals surface area (Å²) in [7, 11) is 0. The largest absolute Gasteiger partial charge is 0.466 e. The summed E-state index contributed by atoms with van der Waals surface area (Å²) in [6.07, 6.45) is 71.9. The predicted molar refractivity (Wildman–Crippen MR) is 296 cm³/mol. The SMILES string of the molecule is CCCCCCCCCCCCCCCCCCC/C=C/C(O)C(CO)NC(=O)CC/C=C\C/C=C\CCCCCCCCOC(=O)CCCCCCCCCCCCCCCCCCCCC. The van der Waals surface area contributed by atoms with Gasteiger partial charge in [0.05, 0.1) is 25.4 Å². The van der Waals surface area contributed by atoms with Crippen molar-refractivity contribution in [2.75, 3.05) is 13.2 Å². The fourth-order valence-corrected chi connectivity index (χ4v) is 9.27. The minimum Gasteiger partial charge on any atom is -0.466 e. The first-order chi connectivity index (χ1) is 33.5. The first-order valence-corrected chi connectivity index (χ1v) is 30.3. The van der Waals surface area contributed by atoms with Gasteiger partial charge in [0.1, 0.15) is 0 Å². The van der Waals surface area contributed by atoms with Gasteiger partial charge in [-0.2, -0.15) is 0 Å². The van der Waals surface area contributed by atoms with E-state index in [-0.39, 0.29) is 18.5 Å². The smallest absolute Gasteiger partial charge is 0.305 e. The highest BCUT2D eigenvalue weighted by Gasteiger charge is 2.17. The molecule has 0 aromatic rings. The minimum atomic E-state index is -0.880. The van der Waals surface area contributed by atoms with Crippen molar-refractivity contribution < 1.29 is 24.5 Å². The van der Waals surface area contributed by atoms with E-state index in [2.05, 4.69) is 37.4 Å². The average Bonchev–Trinajstić information content (AvgIpc) is 3.34. The third-order valence-electron chi connectivity index (χ3n) is 13.9. The first kappa shape index (κ1) is 66.1. The van der Waals surface area contributed by atoms with Gasteiger partial charge >= 0.3 is 5.97 Å². The Kier molecular flexibility index (Phi) is 56.0. The Morgan fingerprint density at radius 3 is 1.15 bits per heavy atom. The molecule has 0 saturated carbocycles. The summed E-state index contributed by atoms with van der Waals surface area (Å²) in [6.45, 7) is 4.86. The van der Waals surface area contributed by atoms with Gasteiger partial charge in [-0.15, -0.1) is 0 Å². The molecule has 0 spiro atoms. The van der Waals surface area contributed by atoms with Gasteiger partial charge in [-0.3, -0.25) is 9.59 Å². The highest BCUT2D eigenvalue weighted by Crippen LogP contribution is 2.17. The monoisotopic (exact) mass is 956 g/mol. The summed E-state index contributed by atoms with van der Waals surface area (Å²) >= 11 is 0. The van der Waals surface area contributed by atoms with Gasteiger partial charge < -0.3 is 20.3 Å². The summed E-state index contributed by atoms with van der Waals surface area (Å²) in [5, 5.41) is 23.1. The van der Waals surface area contributed by atoms with Crippen LogP contribution in [0.15, 0.2) is 36.5 Å². The van der Waals surface area contributed by atoms with Gasteiger partial charge in [0.2, 0.25) is 5.91 Å². The van der Waals surface area contributed by atoms with Crippen LogP contribution in [0.2, 0.25) is 0 Å². The summed E-state index contributed by atoms with van der Waals surface area (Å²) in [5.74, 6) is -0.160. The summed E-state index contributed by atoms with van der Waals surface area (Å²) in [6, 6.07) is -0.672. The van der Waals surface area contributed by atoms with E-state index in [9.17, 15) is 19.8 Å². The molecule has 0 aliphatic rings. The van der Waals surface area contributed by atoms with Crippen molar-refractivity contribution in [2.45, 2.75) is 334 Å². The Morgan fingerprint density at radius 1 is 0.412 bits per heavy atom. The van der Waals surface area contributed by atoms with Crippen molar-refractivity contribution in [1.29, 1.82) is 0 Å². The molecule has 6 nitrogen and oxygen atoms in total. The molecule has 1 amide bonds. The number of hydrogen-bond acceptors (Lipinski definition) is 5. The Bertz CT molecular complexity index is 1100. The van der Waals surface area contributed by atoms with Crippen LogP contribution in [0.1, 0.15) is 322 Å². The average molecular weight is 957 g/mol. The first-order valence-electron chi connectivity index (χ1n) is 30.3. The maximum absolute atomic E-state index is 12.4. The molecule has 0 fully saturated rings. The number of hydrogen-bond donors (Lipinski definition) is 3. The number of aliphatic hydroxyl groups excluding tert-OH is 2. The maximum atomic E-state index is 12.4. The van der Waals surface area contributed by atoms with E-state index in [0.717, 1.165) is 51.4 Å². The van der Waals surface area contributed by atoms with Crippen LogP contribution in [0.3, 0.4) is 0 Å². The number of unbranched alkanes of at least 4 members (excludes halogenated alkanes) is 41. The Balaban J connectivity index is 3.54. The van der Waals surface area contributed by atoms with Crippen LogP contribution < -0.4 is 5.32 Å². The molecule has 0 bridgehead atoms. The number of amides is 1. The lowest BCUT2D eigenvalue weighted by molar-refractivity contribution is -0.143. The van der Waals surface area contributed by atoms with Gasteiger partial charge in [-0.1, -0.05) is 294 Å². The number of nitrogens with one attached hydrogen (secondary N) is 1. The van der Waals surface area contributed by atoms with Crippen molar-refractivity contribution in [3.63, 3.8) is 0 Å². The third-order valence-corrected chi connectivity index (χ3v) is 13.9. The Labute approximate surface area is 424 Å². The quantitative estimate of drug-likeness (QED) is 0.0321. The van der Waals surface area contributed by atoms with Gasteiger partial charge in [-0.25, -0.2) is 0 Å². The Hall–Kier alpha value is -1.92. The van der Waals surface area contributed by atoms with Gasteiger partial charge in [0.25, 0.3) is 0 Å². The number of allylic oxidation sites excluding steroid dienone is 5. The van der Waals surface area contributed by atoms with Crippen LogP contribution in [0.5, 0.6) is 0 Å². The lowest BCUT2D eigenvalue weighted by Gasteiger charge is -2.19. The number of carbonyl (C=O) groups is 2. The number of carbonyl (C=O) groups excluding carboxylic acids is 2. The number of ether oxygens (including phenoxy) is 1. The van der Waals surface area contributed by atoms with Gasteiger partial charge in [0.15, 0.2) is 0 Å². The molecule has 6 heteroatoms. The summed E-state index contributed by atoms with van der Waals surface area (Å²) in [4.78, 5) is 24.5. The molecule has 0 rings (SSSR count).